The maximum Gasteiger partial charge on any atom is 0.182 e. The molecule has 1 aliphatic rings. The Labute approximate surface area is 197 Å². The zero-order valence-corrected chi connectivity index (χ0v) is 20.8. The van der Waals surface area contributed by atoms with Crippen molar-refractivity contribution in [3.63, 3.8) is 0 Å². The summed E-state index contributed by atoms with van der Waals surface area (Å²) in [6.45, 7) is 2.05. The molecule has 152 valence electrons. The third-order valence-corrected chi connectivity index (χ3v) is 8.76. The highest BCUT2D eigenvalue weighted by Gasteiger charge is 2.21. The zero-order chi connectivity index (χ0) is 21.3. The summed E-state index contributed by atoms with van der Waals surface area (Å²) in [7, 11) is -3.52. The van der Waals surface area contributed by atoms with Gasteiger partial charge in [0.2, 0.25) is 0 Å². The Bertz CT molecular complexity index is 1260. The number of aliphatic imine (C=N–C) groups is 1. The van der Waals surface area contributed by atoms with E-state index in [0.29, 0.717) is 10.5 Å². The average molecular weight is 563 g/mol. The molecule has 1 heterocycles. The van der Waals surface area contributed by atoms with Crippen molar-refractivity contribution in [1.29, 1.82) is 0 Å². The van der Waals surface area contributed by atoms with Crippen LogP contribution in [-0.2, 0) is 15.6 Å². The van der Waals surface area contributed by atoms with Gasteiger partial charge in [-0.1, -0.05) is 79.5 Å². The van der Waals surface area contributed by atoms with Gasteiger partial charge in [0, 0.05) is 25.0 Å². The zero-order valence-electron chi connectivity index (χ0n) is 16.0. The molecule has 0 aliphatic carbocycles. The highest BCUT2D eigenvalue weighted by molar-refractivity contribution is 9.11. The fraction of sp³-hybridized carbons (Fsp3) is 0.0870. The Kier molecular flexibility index (Phi) is 6.34. The highest BCUT2D eigenvalue weighted by atomic mass is 79.9. The first kappa shape index (κ1) is 21.6. The number of sulfone groups is 1. The number of fused-ring (bicyclic) bond motifs is 1. The van der Waals surface area contributed by atoms with Crippen molar-refractivity contribution in [2.45, 2.75) is 22.5 Å². The van der Waals surface area contributed by atoms with Crippen LogP contribution in [0.1, 0.15) is 16.7 Å². The normalized spacial score (nSPS) is 14.7. The Hall–Kier alpha value is -1.67. The number of hydrogen-bond donors (Lipinski definition) is 0. The van der Waals surface area contributed by atoms with Gasteiger partial charge in [-0.3, -0.25) is 4.99 Å². The van der Waals surface area contributed by atoms with Crippen LogP contribution in [0.3, 0.4) is 0 Å². The molecule has 0 fully saturated rings. The number of rotatable bonds is 4. The van der Waals surface area contributed by atoms with E-state index in [1.54, 1.807) is 18.2 Å². The van der Waals surface area contributed by atoms with E-state index in [1.807, 2.05) is 24.4 Å². The molecule has 0 N–H and O–H groups in total. The average Bonchev–Trinajstić information content (AvgIpc) is 2.72. The predicted molar refractivity (Wildman–Crippen MR) is 132 cm³/mol. The molecule has 0 saturated carbocycles. The SMILES string of the molecule is Cc1ccc(/C=C2/C=Nc3ccc(S(=O)(=O)Cc4c(Br)cccc4Br)cc3S2)cc1. The predicted octanol–water partition coefficient (Wildman–Crippen LogP) is 7.34. The summed E-state index contributed by atoms with van der Waals surface area (Å²) in [4.78, 5) is 6.60. The molecule has 7 heteroatoms. The van der Waals surface area contributed by atoms with Gasteiger partial charge in [0.05, 0.1) is 16.3 Å². The maximum atomic E-state index is 13.1. The molecule has 0 radical (unpaired) electrons. The fourth-order valence-electron chi connectivity index (χ4n) is 3.00. The van der Waals surface area contributed by atoms with E-state index in [4.69, 9.17) is 0 Å². The lowest BCUT2D eigenvalue weighted by Gasteiger charge is -2.14. The summed E-state index contributed by atoms with van der Waals surface area (Å²) in [5.41, 5.74) is 3.78. The lowest BCUT2D eigenvalue weighted by atomic mass is 10.1. The summed E-state index contributed by atoms with van der Waals surface area (Å²) in [5.74, 6) is -0.0895. The second kappa shape index (κ2) is 8.83. The Balaban J connectivity index is 1.63. The van der Waals surface area contributed by atoms with E-state index in [2.05, 4.69) is 74.1 Å². The topological polar surface area (TPSA) is 46.5 Å². The van der Waals surface area contributed by atoms with Gasteiger partial charge in [-0.15, -0.1) is 0 Å². The molecule has 3 aromatic rings. The van der Waals surface area contributed by atoms with Crippen LogP contribution in [0, 0.1) is 6.92 Å². The van der Waals surface area contributed by atoms with Crippen LogP contribution < -0.4 is 0 Å². The van der Waals surface area contributed by atoms with E-state index in [-0.39, 0.29) is 5.75 Å². The summed E-state index contributed by atoms with van der Waals surface area (Å²) in [6, 6.07) is 18.9. The monoisotopic (exact) mass is 561 g/mol. The third-order valence-electron chi connectivity index (χ3n) is 4.63. The van der Waals surface area contributed by atoms with Crippen molar-refractivity contribution in [3.05, 3.63) is 91.2 Å². The Morgan fingerprint density at radius 3 is 2.40 bits per heavy atom. The van der Waals surface area contributed by atoms with Crippen molar-refractivity contribution in [2.75, 3.05) is 0 Å². The molecule has 30 heavy (non-hydrogen) atoms. The van der Waals surface area contributed by atoms with Gasteiger partial charge in [-0.25, -0.2) is 8.42 Å². The minimum atomic E-state index is -3.52. The van der Waals surface area contributed by atoms with E-state index in [9.17, 15) is 8.42 Å². The minimum Gasteiger partial charge on any atom is -0.255 e. The van der Waals surface area contributed by atoms with Crippen molar-refractivity contribution >= 4 is 71.4 Å². The standard InChI is InChI=1S/C23H17Br2NO2S2/c1-15-5-7-16(8-6-15)11-17-13-26-22-10-9-18(12-23(22)29-17)30(27,28)14-19-20(24)3-2-4-21(19)25/h2-13H,14H2,1H3/b17-11-. The minimum absolute atomic E-state index is 0.0895. The molecule has 0 spiro atoms. The molecule has 4 rings (SSSR count). The van der Waals surface area contributed by atoms with E-state index in [0.717, 1.165) is 30.0 Å². The summed E-state index contributed by atoms with van der Waals surface area (Å²) in [6.07, 6.45) is 3.87. The van der Waals surface area contributed by atoms with Crippen LogP contribution in [0.2, 0.25) is 0 Å². The van der Waals surface area contributed by atoms with Gasteiger partial charge >= 0.3 is 0 Å². The summed E-state index contributed by atoms with van der Waals surface area (Å²) >= 11 is 8.43. The van der Waals surface area contributed by atoms with Gasteiger partial charge in [0.25, 0.3) is 0 Å². The largest absolute Gasteiger partial charge is 0.255 e. The lowest BCUT2D eigenvalue weighted by Crippen LogP contribution is -2.06. The molecule has 3 aromatic carbocycles. The van der Waals surface area contributed by atoms with Crippen LogP contribution in [0.15, 0.2) is 89.3 Å². The van der Waals surface area contributed by atoms with Crippen LogP contribution >= 0.6 is 43.6 Å². The molecule has 0 saturated heterocycles. The Morgan fingerprint density at radius 1 is 1.00 bits per heavy atom. The first-order valence-electron chi connectivity index (χ1n) is 9.12. The van der Waals surface area contributed by atoms with Crippen LogP contribution in [0.4, 0.5) is 5.69 Å². The van der Waals surface area contributed by atoms with Crippen molar-refractivity contribution in [2.24, 2.45) is 4.99 Å². The van der Waals surface area contributed by atoms with Crippen LogP contribution in [0.25, 0.3) is 6.08 Å². The van der Waals surface area contributed by atoms with Crippen LogP contribution in [-0.4, -0.2) is 14.6 Å². The van der Waals surface area contributed by atoms with Gasteiger partial charge in [0.15, 0.2) is 9.84 Å². The van der Waals surface area contributed by atoms with Crippen molar-refractivity contribution in [1.82, 2.24) is 0 Å². The number of aryl methyl sites for hydroxylation is 1. The smallest absolute Gasteiger partial charge is 0.182 e. The number of halogens is 2. The highest BCUT2D eigenvalue weighted by Crippen LogP contribution is 2.40. The number of thioether (sulfide) groups is 1. The number of hydrogen-bond acceptors (Lipinski definition) is 4. The molecule has 1 aliphatic heterocycles. The van der Waals surface area contributed by atoms with E-state index < -0.39 is 9.84 Å². The lowest BCUT2D eigenvalue weighted by molar-refractivity contribution is 0.595. The molecular formula is C23H17Br2NO2S2. The molecule has 3 nitrogen and oxygen atoms in total. The van der Waals surface area contributed by atoms with Gasteiger partial charge < -0.3 is 0 Å². The Morgan fingerprint density at radius 2 is 1.70 bits per heavy atom. The molecule has 0 atom stereocenters. The van der Waals surface area contributed by atoms with E-state index >= 15 is 0 Å². The molecule has 0 amide bonds. The second-order valence-corrected chi connectivity index (χ2v) is 11.7. The quantitative estimate of drug-likeness (QED) is 0.334. The van der Waals surface area contributed by atoms with E-state index in [1.165, 1.54) is 17.3 Å². The molecular weight excluding hydrogens is 546 g/mol. The first-order chi connectivity index (χ1) is 14.3. The molecule has 0 bridgehead atoms. The van der Waals surface area contributed by atoms with Crippen molar-refractivity contribution in [3.8, 4) is 0 Å². The number of allylic oxidation sites excluding steroid dienone is 1. The third kappa shape index (κ3) is 4.80. The summed E-state index contributed by atoms with van der Waals surface area (Å²) in [5, 5.41) is 0. The molecule has 0 aromatic heterocycles. The first-order valence-corrected chi connectivity index (χ1v) is 13.2. The van der Waals surface area contributed by atoms with Gasteiger partial charge in [-0.2, -0.15) is 0 Å². The molecule has 0 unspecified atom stereocenters. The van der Waals surface area contributed by atoms with Crippen molar-refractivity contribution < 1.29 is 8.42 Å². The van der Waals surface area contributed by atoms with Crippen LogP contribution in [0.5, 0.6) is 0 Å². The van der Waals surface area contributed by atoms with Gasteiger partial charge in [-0.05, 0) is 54.5 Å². The second-order valence-electron chi connectivity index (χ2n) is 6.91. The summed E-state index contributed by atoms with van der Waals surface area (Å²) < 4.78 is 27.7. The number of benzene rings is 3. The maximum absolute atomic E-state index is 13.1. The number of nitrogens with zero attached hydrogens (tertiary/aromatic N) is 1. The fourth-order valence-corrected chi connectivity index (χ4v) is 7.12. The van der Waals surface area contributed by atoms with Gasteiger partial charge in [0.1, 0.15) is 0 Å².